The largest absolute Gasteiger partial charge is 0.262 e. The highest BCUT2D eigenvalue weighted by atomic mass is 14.8. The molecular weight excluding hydrogens is 172 g/mol. The highest BCUT2D eigenvalue weighted by molar-refractivity contribution is 5.65. The molecule has 0 saturated heterocycles. The van der Waals surface area contributed by atoms with E-state index in [0.29, 0.717) is 0 Å². The van der Waals surface area contributed by atoms with Crippen LogP contribution in [-0.4, -0.2) is 11.7 Å². The zero-order valence-corrected chi connectivity index (χ0v) is 9.46. The van der Waals surface area contributed by atoms with Crippen LogP contribution in [0.4, 0.5) is 5.69 Å². The van der Waals surface area contributed by atoms with E-state index in [-0.39, 0.29) is 0 Å². The molecule has 0 aliphatic heterocycles. The highest BCUT2D eigenvalue weighted by Gasteiger charge is 2.03. The van der Waals surface area contributed by atoms with Crippen LogP contribution in [0.5, 0.6) is 0 Å². The van der Waals surface area contributed by atoms with Crippen LogP contribution in [-0.2, 0) is 0 Å². The molecule has 0 saturated carbocycles. The third kappa shape index (κ3) is 2.52. The van der Waals surface area contributed by atoms with Gasteiger partial charge in [-0.05, 0) is 37.8 Å². The molecule has 0 unspecified atom stereocenters. The fourth-order valence-corrected chi connectivity index (χ4v) is 1.05. The van der Waals surface area contributed by atoms with Gasteiger partial charge in [-0.15, -0.1) is 0 Å². The second kappa shape index (κ2) is 6.08. The molecule has 76 valence electrons. The highest BCUT2D eigenvalue weighted by Crippen LogP contribution is 2.24. The number of aryl methyl sites for hydroxylation is 1. The third-order valence-corrected chi connectivity index (χ3v) is 1.94. The van der Waals surface area contributed by atoms with E-state index in [1.54, 1.807) is 6.08 Å². The Bertz CT molecular complexity index is 327. The lowest BCUT2D eigenvalue weighted by Gasteiger charge is -2.05. The maximum absolute atomic E-state index is 4.18. The first-order chi connectivity index (χ1) is 6.70. The van der Waals surface area contributed by atoms with Gasteiger partial charge in [0.15, 0.2) is 0 Å². The summed E-state index contributed by atoms with van der Waals surface area (Å²) >= 11 is 0. The van der Waals surface area contributed by atoms with Crippen molar-refractivity contribution in [3.63, 3.8) is 0 Å². The Morgan fingerprint density at radius 2 is 1.93 bits per heavy atom. The van der Waals surface area contributed by atoms with Crippen LogP contribution in [0, 0.1) is 13.8 Å². The molecule has 0 aromatic carbocycles. The summed E-state index contributed by atoms with van der Waals surface area (Å²) in [4.78, 5) is 8.09. The zero-order valence-electron chi connectivity index (χ0n) is 9.46. The number of pyridine rings is 1. The van der Waals surface area contributed by atoms with Gasteiger partial charge in [-0.3, -0.25) is 9.98 Å². The smallest absolute Gasteiger partial charge is 0.0910 e. The van der Waals surface area contributed by atoms with Crippen molar-refractivity contribution < 1.29 is 0 Å². The van der Waals surface area contributed by atoms with E-state index in [1.807, 2.05) is 33.9 Å². The van der Waals surface area contributed by atoms with Crippen LogP contribution in [0.15, 0.2) is 17.8 Å². The van der Waals surface area contributed by atoms with Gasteiger partial charge in [0, 0.05) is 6.20 Å². The van der Waals surface area contributed by atoms with E-state index in [0.717, 1.165) is 22.5 Å². The minimum Gasteiger partial charge on any atom is -0.262 e. The van der Waals surface area contributed by atoms with Crippen molar-refractivity contribution in [3.05, 3.63) is 29.6 Å². The van der Waals surface area contributed by atoms with Crippen molar-refractivity contribution in [2.24, 2.45) is 4.99 Å². The SMILES string of the molecule is C=Cc1ncc(C)c(C)c1N=C.CC. The molecule has 1 aromatic heterocycles. The Kier molecular flexibility index (Phi) is 5.46. The maximum atomic E-state index is 4.18. The van der Waals surface area contributed by atoms with Crippen molar-refractivity contribution >= 4 is 18.5 Å². The summed E-state index contributed by atoms with van der Waals surface area (Å²) in [6.07, 6.45) is 3.51. The summed E-state index contributed by atoms with van der Waals surface area (Å²) in [5, 5.41) is 0. The summed E-state index contributed by atoms with van der Waals surface area (Å²) in [5.74, 6) is 0. The molecule has 2 nitrogen and oxygen atoms in total. The van der Waals surface area contributed by atoms with E-state index >= 15 is 0 Å². The molecule has 0 fully saturated rings. The topological polar surface area (TPSA) is 25.2 Å². The van der Waals surface area contributed by atoms with Crippen molar-refractivity contribution in [3.8, 4) is 0 Å². The fraction of sp³-hybridized carbons (Fsp3) is 0.333. The molecule has 1 heterocycles. The molecule has 0 N–H and O–H groups in total. The summed E-state index contributed by atoms with van der Waals surface area (Å²) in [6, 6.07) is 0. The van der Waals surface area contributed by atoms with Gasteiger partial charge in [-0.1, -0.05) is 20.4 Å². The van der Waals surface area contributed by atoms with Gasteiger partial charge < -0.3 is 0 Å². The maximum Gasteiger partial charge on any atom is 0.0910 e. The van der Waals surface area contributed by atoms with Crippen LogP contribution < -0.4 is 0 Å². The molecule has 0 atom stereocenters. The lowest BCUT2D eigenvalue weighted by molar-refractivity contribution is 1.19. The first-order valence-corrected chi connectivity index (χ1v) is 4.76. The zero-order chi connectivity index (χ0) is 11.1. The summed E-state index contributed by atoms with van der Waals surface area (Å²) < 4.78 is 0. The van der Waals surface area contributed by atoms with E-state index < -0.39 is 0 Å². The first kappa shape index (κ1) is 12.6. The summed E-state index contributed by atoms with van der Waals surface area (Å²) in [6.45, 7) is 15.2. The molecule has 14 heavy (non-hydrogen) atoms. The van der Waals surface area contributed by atoms with Crippen LogP contribution in [0.25, 0.3) is 6.08 Å². The standard InChI is InChI=1S/C10H12N2.C2H6/c1-5-9-10(11-4)8(3)7(2)6-12-9;1-2/h5-6H,1,4H2,2-3H3;1-2H3. The van der Waals surface area contributed by atoms with Gasteiger partial charge >= 0.3 is 0 Å². The molecule has 1 aromatic rings. The van der Waals surface area contributed by atoms with Gasteiger partial charge in [0.1, 0.15) is 0 Å². The van der Waals surface area contributed by atoms with Gasteiger partial charge in [-0.25, -0.2) is 0 Å². The first-order valence-electron chi connectivity index (χ1n) is 4.76. The second-order valence-electron chi connectivity index (χ2n) is 2.66. The number of aliphatic imine (C=N–C) groups is 1. The predicted octanol–water partition coefficient (Wildman–Crippen LogP) is 3.70. The van der Waals surface area contributed by atoms with Crippen molar-refractivity contribution in [1.29, 1.82) is 0 Å². The third-order valence-electron chi connectivity index (χ3n) is 1.94. The molecule has 0 aliphatic carbocycles. The van der Waals surface area contributed by atoms with Gasteiger partial charge in [-0.2, -0.15) is 0 Å². The number of nitrogens with zero attached hydrogens (tertiary/aromatic N) is 2. The number of aromatic nitrogens is 1. The van der Waals surface area contributed by atoms with Crippen LogP contribution in [0.3, 0.4) is 0 Å². The minimum atomic E-state index is 0.799. The van der Waals surface area contributed by atoms with Gasteiger partial charge in [0.2, 0.25) is 0 Å². The Labute approximate surface area is 86.4 Å². The Morgan fingerprint density at radius 1 is 1.36 bits per heavy atom. The molecule has 0 bridgehead atoms. The van der Waals surface area contributed by atoms with E-state index in [2.05, 4.69) is 23.3 Å². The van der Waals surface area contributed by atoms with Crippen LogP contribution in [0.1, 0.15) is 30.7 Å². The normalized spacial score (nSPS) is 8.57. The van der Waals surface area contributed by atoms with Crippen LogP contribution in [0.2, 0.25) is 0 Å². The van der Waals surface area contributed by atoms with Crippen molar-refractivity contribution in [2.75, 3.05) is 0 Å². The second-order valence-corrected chi connectivity index (χ2v) is 2.66. The molecule has 0 radical (unpaired) electrons. The van der Waals surface area contributed by atoms with E-state index in [9.17, 15) is 0 Å². The number of hydrogen-bond donors (Lipinski definition) is 0. The molecular formula is C12H18N2. The van der Waals surface area contributed by atoms with Crippen LogP contribution >= 0.6 is 0 Å². The molecule has 0 amide bonds. The lowest BCUT2D eigenvalue weighted by Crippen LogP contribution is -1.88. The quantitative estimate of drug-likeness (QED) is 0.653. The molecule has 2 heteroatoms. The predicted molar refractivity (Wildman–Crippen MR) is 64.4 cm³/mol. The van der Waals surface area contributed by atoms with Gasteiger partial charge in [0.25, 0.3) is 0 Å². The molecule has 1 rings (SSSR count). The average molecular weight is 190 g/mol. The lowest BCUT2D eigenvalue weighted by atomic mass is 10.1. The number of hydrogen-bond acceptors (Lipinski definition) is 2. The average Bonchev–Trinajstić information content (AvgIpc) is 2.24. The number of rotatable bonds is 2. The van der Waals surface area contributed by atoms with Crippen molar-refractivity contribution in [2.45, 2.75) is 27.7 Å². The Balaban J connectivity index is 0.000000791. The molecule has 0 spiro atoms. The van der Waals surface area contributed by atoms with E-state index in [4.69, 9.17) is 0 Å². The van der Waals surface area contributed by atoms with Gasteiger partial charge in [0.05, 0.1) is 11.4 Å². The monoisotopic (exact) mass is 190 g/mol. The summed E-state index contributed by atoms with van der Waals surface area (Å²) in [5.41, 5.74) is 3.89. The Hall–Kier alpha value is -1.44. The minimum absolute atomic E-state index is 0.799. The Morgan fingerprint density at radius 3 is 2.36 bits per heavy atom. The van der Waals surface area contributed by atoms with E-state index in [1.165, 1.54) is 0 Å². The molecule has 0 aliphatic rings. The summed E-state index contributed by atoms with van der Waals surface area (Å²) in [7, 11) is 0. The fourth-order valence-electron chi connectivity index (χ4n) is 1.05. The van der Waals surface area contributed by atoms with Crippen molar-refractivity contribution in [1.82, 2.24) is 4.98 Å².